The van der Waals surface area contributed by atoms with Crippen LogP contribution in [0.15, 0.2) is 36.9 Å². The maximum atomic E-state index is 12.2. The van der Waals surface area contributed by atoms with Crippen molar-refractivity contribution in [3.63, 3.8) is 0 Å². The average molecular weight is 271 g/mol. The quantitative estimate of drug-likeness (QED) is 0.782. The Kier molecular flexibility index (Phi) is 3.50. The Morgan fingerprint density at radius 2 is 2.25 bits per heavy atom. The van der Waals surface area contributed by atoms with E-state index in [0.29, 0.717) is 30.6 Å². The molecule has 1 aliphatic rings. The number of hydrogen-bond donors (Lipinski definition) is 0. The molecular weight excluding hydrogens is 254 g/mol. The summed E-state index contributed by atoms with van der Waals surface area (Å²) in [7, 11) is 0. The highest BCUT2D eigenvalue weighted by atomic mass is 16.5. The van der Waals surface area contributed by atoms with Gasteiger partial charge in [0.2, 0.25) is 0 Å². The second kappa shape index (κ2) is 5.45. The lowest BCUT2D eigenvalue weighted by atomic mass is 10.1. The number of rotatable bonds is 5. The van der Waals surface area contributed by atoms with Gasteiger partial charge in [0, 0.05) is 0 Å². The topological polar surface area (TPSA) is 57.0 Å². The molecule has 1 fully saturated rings. The monoisotopic (exact) mass is 271 g/mol. The van der Waals surface area contributed by atoms with E-state index in [9.17, 15) is 4.79 Å². The second-order valence-corrected chi connectivity index (χ2v) is 5.32. The summed E-state index contributed by atoms with van der Waals surface area (Å²) in [6.45, 7) is 3.22. The molecule has 0 bridgehead atoms. The molecule has 2 aromatic rings. The minimum Gasteiger partial charge on any atom is -0.462 e. The molecule has 0 spiro atoms. The highest BCUT2D eigenvalue weighted by Gasteiger charge is 2.33. The number of carbonyl (C=O) groups excluding carboxylic acids is 1. The van der Waals surface area contributed by atoms with E-state index in [1.54, 1.807) is 17.1 Å². The van der Waals surface area contributed by atoms with Crippen LogP contribution >= 0.6 is 0 Å². The smallest absolute Gasteiger partial charge is 0.338 e. The fourth-order valence-electron chi connectivity index (χ4n) is 2.24. The van der Waals surface area contributed by atoms with Crippen LogP contribution in [0.4, 0.5) is 0 Å². The molecule has 104 valence electrons. The van der Waals surface area contributed by atoms with Gasteiger partial charge in [0.25, 0.3) is 0 Å². The summed E-state index contributed by atoms with van der Waals surface area (Å²) >= 11 is 0. The zero-order valence-corrected chi connectivity index (χ0v) is 11.4. The van der Waals surface area contributed by atoms with Crippen LogP contribution in [0, 0.1) is 11.8 Å². The predicted molar refractivity (Wildman–Crippen MR) is 73.1 cm³/mol. The molecule has 1 aliphatic carbocycles. The van der Waals surface area contributed by atoms with Gasteiger partial charge in [0.15, 0.2) is 0 Å². The van der Waals surface area contributed by atoms with Gasteiger partial charge in [-0.05, 0) is 29.9 Å². The van der Waals surface area contributed by atoms with E-state index in [1.807, 2.05) is 18.2 Å². The van der Waals surface area contributed by atoms with Gasteiger partial charge in [-0.25, -0.2) is 14.5 Å². The number of aromatic nitrogens is 3. The molecular formula is C15H17N3O2. The van der Waals surface area contributed by atoms with Gasteiger partial charge in [-0.2, -0.15) is 5.10 Å². The first kappa shape index (κ1) is 12.8. The molecule has 1 aromatic carbocycles. The summed E-state index contributed by atoms with van der Waals surface area (Å²) in [5, 5.41) is 4.06. The van der Waals surface area contributed by atoms with Crippen molar-refractivity contribution in [2.45, 2.75) is 19.9 Å². The Morgan fingerprint density at radius 3 is 2.95 bits per heavy atom. The van der Waals surface area contributed by atoms with Crippen molar-refractivity contribution in [2.75, 3.05) is 6.61 Å². The maximum Gasteiger partial charge on any atom is 0.338 e. The summed E-state index contributed by atoms with van der Waals surface area (Å²) < 4.78 is 7.09. The fourth-order valence-corrected chi connectivity index (χ4v) is 2.24. The van der Waals surface area contributed by atoms with E-state index in [0.717, 1.165) is 12.0 Å². The number of esters is 1. The van der Waals surface area contributed by atoms with Crippen molar-refractivity contribution in [3.8, 4) is 0 Å². The second-order valence-electron chi connectivity index (χ2n) is 5.32. The highest BCUT2D eigenvalue weighted by molar-refractivity contribution is 5.91. The van der Waals surface area contributed by atoms with Gasteiger partial charge in [-0.1, -0.05) is 25.1 Å². The standard InChI is InChI=1S/C15H17N3O2/c1-11-6-13(11)8-20-15(19)14-5-3-2-4-12(14)7-18-10-16-9-17-18/h2-5,9-11,13H,6-8H2,1H3/t11-,13-/m0/s1. The van der Waals surface area contributed by atoms with Gasteiger partial charge >= 0.3 is 5.97 Å². The van der Waals surface area contributed by atoms with Crippen molar-refractivity contribution < 1.29 is 9.53 Å². The van der Waals surface area contributed by atoms with Crippen LogP contribution in [0.5, 0.6) is 0 Å². The molecule has 0 N–H and O–H groups in total. The van der Waals surface area contributed by atoms with Gasteiger partial charge in [-0.3, -0.25) is 0 Å². The van der Waals surface area contributed by atoms with Gasteiger partial charge in [0.05, 0.1) is 18.7 Å². The van der Waals surface area contributed by atoms with Gasteiger partial charge < -0.3 is 4.74 Å². The third-order valence-electron chi connectivity index (χ3n) is 3.74. The molecule has 0 saturated heterocycles. The molecule has 0 radical (unpaired) electrons. The molecule has 0 unspecified atom stereocenters. The van der Waals surface area contributed by atoms with Crippen LogP contribution in [-0.4, -0.2) is 27.3 Å². The Hall–Kier alpha value is -2.17. The van der Waals surface area contributed by atoms with Crippen molar-refractivity contribution in [3.05, 3.63) is 48.0 Å². The number of nitrogens with zero attached hydrogens (tertiary/aromatic N) is 3. The minimum atomic E-state index is -0.250. The third kappa shape index (κ3) is 2.87. The first-order valence-electron chi connectivity index (χ1n) is 6.81. The number of ether oxygens (including phenoxy) is 1. The fraction of sp³-hybridized carbons (Fsp3) is 0.400. The Labute approximate surface area is 117 Å². The normalized spacial score (nSPS) is 20.6. The Bertz CT molecular complexity index is 595. The number of benzene rings is 1. The van der Waals surface area contributed by atoms with E-state index in [4.69, 9.17) is 4.74 Å². The van der Waals surface area contributed by atoms with Crippen LogP contribution in [0.1, 0.15) is 29.3 Å². The lowest BCUT2D eigenvalue weighted by molar-refractivity contribution is 0.0480. The van der Waals surface area contributed by atoms with Gasteiger partial charge in [0.1, 0.15) is 12.7 Å². The van der Waals surface area contributed by atoms with E-state index in [-0.39, 0.29) is 5.97 Å². The molecule has 3 rings (SSSR count). The van der Waals surface area contributed by atoms with Crippen LogP contribution in [0.25, 0.3) is 0 Å². The summed E-state index contributed by atoms with van der Waals surface area (Å²) in [6, 6.07) is 7.47. The number of hydrogen-bond acceptors (Lipinski definition) is 4. The number of carbonyl (C=O) groups is 1. The summed E-state index contributed by atoms with van der Waals surface area (Å²) in [6.07, 6.45) is 4.28. The van der Waals surface area contributed by atoms with E-state index < -0.39 is 0 Å². The summed E-state index contributed by atoms with van der Waals surface area (Å²) in [5.74, 6) is 0.981. The Morgan fingerprint density at radius 1 is 1.45 bits per heavy atom. The minimum absolute atomic E-state index is 0.250. The molecule has 5 nitrogen and oxygen atoms in total. The largest absolute Gasteiger partial charge is 0.462 e. The third-order valence-corrected chi connectivity index (χ3v) is 3.74. The van der Waals surface area contributed by atoms with E-state index in [2.05, 4.69) is 17.0 Å². The van der Waals surface area contributed by atoms with Crippen LogP contribution in [0.3, 0.4) is 0 Å². The zero-order chi connectivity index (χ0) is 13.9. The molecule has 0 amide bonds. The van der Waals surface area contributed by atoms with E-state index >= 15 is 0 Å². The first-order chi connectivity index (χ1) is 9.74. The lowest BCUT2D eigenvalue weighted by Gasteiger charge is -2.09. The van der Waals surface area contributed by atoms with Crippen molar-refractivity contribution in [1.82, 2.24) is 14.8 Å². The van der Waals surface area contributed by atoms with Crippen molar-refractivity contribution in [2.24, 2.45) is 11.8 Å². The maximum absolute atomic E-state index is 12.2. The van der Waals surface area contributed by atoms with Crippen molar-refractivity contribution >= 4 is 5.97 Å². The van der Waals surface area contributed by atoms with Gasteiger partial charge in [-0.15, -0.1) is 0 Å². The van der Waals surface area contributed by atoms with E-state index in [1.165, 1.54) is 6.33 Å². The van der Waals surface area contributed by atoms with Crippen LogP contribution in [-0.2, 0) is 11.3 Å². The average Bonchev–Trinajstić information content (AvgIpc) is 2.93. The molecule has 2 atom stereocenters. The molecule has 1 heterocycles. The first-order valence-corrected chi connectivity index (χ1v) is 6.81. The molecule has 0 aliphatic heterocycles. The molecule has 20 heavy (non-hydrogen) atoms. The summed E-state index contributed by atoms with van der Waals surface area (Å²) in [4.78, 5) is 16.1. The lowest BCUT2D eigenvalue weighted by Crippen LogP contribution is -2.12. The zero-order valence-electron chi connectivity index (χ0n) is 11.4. The SMILES string of the molecule is C[C@H]1C[C@H]1COC(=O)c1ccccc1Cn1cncn1. The predicted octanol–water partition coefficient (Wildman–Crippen LogP) is 2.14. The Balaban J connectivity index is 1.69. The summed E-state index contributed by atoms with van der Waals surface area (Å²) in [5.41, 5.74) is 1.50. The van der Waals surface area contributed by atoms with Crippen LogP contribution in [0.2, 0.25) is 0 Å². The van der Waals surface area contributed by atoms with Crippen molar-refractivity contribution in [1.29, 1.82) is 0 Å². The molecule has 1 saturated carbocycles. The highest BCUT2D eigenvalue weighted by Crippen LogP contribution is 2.37. The molecule has 1 aromatic heterocycles. The van der Waals surface area contributed by atoms with Crippen LogP contribution < -0.4 is 0 Å². The molecule has 5 heteroatoms.